The van der Waals surface area contributed by atoms with Gasteiger partial charge in [-0.2, -0.15) is 0 Å². The van der Waals surface area contributed by atoms with Crippen LogP contribution in [0, 0.1) is 11.8 Å². The largest absolute Gasteiger partial charge is 0.462 e. The second kappa shape index (κ2) is 11.6. The molecule has 0 aromatic heterocycles. The lowest BCUT2D eigenvalue weighted by molar-refractivity contribution is -0.151. The molecule has 3 amide bonds. The number of amides is 3. The lowest BCUT2D eigenvalue weighted by atomic mass is 10.0. The summed E-state index contributed by atoms with van der Waals surface area (Å²) in [6.07, 6.45) is 0.195. The predicted molar refractivity (Wildman–Crippen MR) is 131 cm³/mol. The Bertz CT molecular complexity index is 1120. The van der Waals surface area contributed by atoms with Gasteiger partial charge >= 0.3 is 11.9 Å². The number of ether oxygens (including phenoxy) is 2. The van der Waals surface area contributed by atoms with Gasteiger partial charge in [-0.25, -0.2) is 9.59 Å². The maximum absolute atomic E-state index is 12.9. The Morgan fingerprint density at radius 2 is 1.42 bits per heavy atom. The fourth-order valence-corrected chi connectivity index (χ4v) is 3.69. The van der Waals surface area contributed by atoms with Crippen molar-refractivity contribution in [3.8, 4) is 0 Å². The lowest BCUT2D eigenvalue weighted by Gasteiger charge is -2.25. The molecule has 0 bridgehead atoms. The number of imide groups is 1. The summed E-state index contributed by atoms with van der Waals surface area (Å²) in [5.41, 5.74) is 1.21. The molecule has 3 rings (SSSR count). The molecule has 0 aliphatic carbocycles. The molecular formula is C27H30N2O7. The van der Waals surface area contributed by atoms with Crippen molar-refractivity contribution in [2.75, 3.05) is 18.5 Å². The van der Waals surface area contributed by atoms with E-state index in [-0.39, 0.29) is 29.4 Å². The number of carbonyl (C=O) groups excluding carboxylic acids is 5. The van der Waals surface area contributed by atoms with E-state index in [0.29, 0.717) is 17.9 Å². The number of carbonyl (C=O) groups is 5. The molecule has 1 aliphatic rings. The molecule has 1 N–H and O–H groups in total. The first-order valence-electron chi connectivity index (χ1n) is 11.8. The summed E-state index contributed by atoms with van der Waals surface area (Å²) in [4.78, 5) is 63.9. The van der Waals surface area contributed by atoms with Crippen LogP contribution in [-0.4, -0.2) is 53.8 Å². The van der Waals surface area contributed by atoms with Crippen LogP contribution in [0.2, 0.25) is 0 Å². The van der Waals surface area contributed by atoms with Crippen LogP contribution in [0.1, 0.15) is 65.2 Å². The molecule has 1 atom stereocenters. The molecule has 0 saturated heterocycles. The standard InChI is InChI=1S/C27H30N2O7/c1-16(2)13-22(29-24(31)20-7-5-6-8-21(20)25(29)32)27(34)36-15-23(30)28-19-11-9-18(10-12-19)26(33)35-14-17(3)4/h5-12,16-17,22H,13-15H2,1-4H3,(H,28,30)/t22-/m0/s1. The quantitative estimate of drug-likeness (QED) is 0.395. The minimum Gasteiger partial charge on any atom is -0.462 e. The second-order valence-corrected chi connectivity index (χ2v) is 9.40. The number of hydrogen-bond donors (Lipinski definition) is 1. The third-order valence-electron chi connectivity index (χ3n) is 5.40. The Balaban J connectivity index is 1.60. The topological polar surface area (TPSA) is 119 Å². The van der Waals surface area contributed by atoms with Crippen molar-refractivity contribution in [1.29, 1.82) is 0 Å². The van der Waals surface area contributed by atoms with Gasteiger partial charge in [0.2, 0.25) is 0 Å². The van der Waals surface area contributed by atoms with E-state index < -0.39 is 42.3 Å². The number of rotatable bonds is 10. The number of anilines is 1. The van der Waals surface area contributed by atoms with Crippen molar-refractivity contribution in [3.63, 3.8) is 0 Å². The van der Waals surface area contributed by atoms with E-state index in [9.17, 15) is 24.0 Å². The molecule has 9 nitrogen and oxygen atoms in total. The fourth-order valence-electron chi connectivity index (χ4n) is 3.69. The van der Waals surface area contributed by atoms with Gasteiger partial charge in [0, 0.05) is 5.69 Å². The summed E-state index contributed by atoms with van der Waals surface area (Å²) < 4.78 is 10.4. The molecule has 0 saturated carbocycles. The number of nitrogens with one attached hydrogen (secondary N) is 1. The van der Waals surface area contributed by atoms with Crippen LogP contribution in [0.4, 0.5) is 5.69 Å². The Morgan fingerprint density at radius 3 is 1.94 bits per heavy atom. The summed E-state index contributed by atoms with van der Waals surface area (Å²) in [5, 5.41) is 2.58. The molecule has 9 heteroatoms. The van der Waals surface area contributed by atoms with E-state index in [1.54, 1.807) is 12.1 Å². The van der Waals surface area contributed by atoms with Crippen LogP contribution in [-0.2, 0) is 19.1 Å². The van der Waals surface area contributed by atoms with Crippen LogP contribution in [0.5, 0.6) is 0 Å². The minimum absolute atomic E-state index is 0.0218. The van der Waals surface area contributed by atoms with Gasteiger partial charge in [0.25, 0.3) is 17.7 Å². The predicted octanol–water partition coefficient (Wildman–Crippen LogP) is 3.69. The van der Waals surface area contributed by atoms with Gasteiger partial charge in [-0.1, -0.05) is 39.8 Å². The second-order valence-electron chi connectivity index (χ2n) is 9.40. The van der Waals surface area contributed by atoms with Crippen molar-refractivity contribution in [2.45, 2.75) is 40.2 Å². The molecule has 2 aromatic rings. The van der Waals surface area contributed by atoms with Crippen molar-refractivity contribution in [2.24, 2.45) is 11.8 Å². The third-order valence-corrected chi connectivity index (χ3v) is 5.40. The Morgan fingerprint density at radius 1 is 0.833 bits per heavy atom. The van der Waals surface area contributed by atoms with E-state index in [1.807, 2.05) is 27.7 Å². The van der Waals surface area contributed by atoms with Gasteiger partial charge in [-0.05, 0) is 54.7 Å². The van der Waals surface area contributed by atoms with E-state index in [1.165, 1.54) is 36.4 Å². The molecule has 36 heavy (non-hydrogen) atoms. The molecule has 0 radical (unpaired) electrons. The highest BCUT2D eigenvalue weighted by atomic mass is 16.5. The van der Waals surface area contributed by atoms with Crippen LogP contribution >= 0.6 is 0 Å². The SMILES string of the molecule is CC(C)COC(=O)c1ccc(NC(=O)COC(=O)[C@H](CC(C)C)N2C(=O)c3ccccc3C2=O)cc1. The smallest absolute Gasteiger partial charge is 0.338 e. The van der Waals surface area contributed by atoms with Crippen LogP contribution < -0.4 is 5.32 Å². The van der Waals surface area contributed by atoms with Crippen LogP contribution in [0.3, 0.4) is 0 Å². The first kappa shape index (κ1) is 26.6. The van der Waals surface area contributed by atoms with Crippen molar-refractivity contribution >= 4 is 35.3 Å². The monoisotopic (exact) mass is 494 g/mol. The minimum atomic E-state index is -1.15. The Labute approximate surface area is 209 Å². The van der Waals surface area contributed by atoms with Gasteiger partial charge in [-0.15, -0.1) is 0 Å². The molecule has 190 valence electrons. The zero-order valence-corrected chi connectivity index (χ0v) is 20.8. The van der Waals surface area contributed by atoms with Gasteiger partial charge in [0.15, 0.2) is 6.61 Å². The number of nitrogens with zero attached hydrogens (tertiary/aromatic N) is 1. The number of fused-ring (bicyclic) bond motifs is 1. The van der Waals surface area contributed by atoms with E-state index >= 15 is 0 Å². The van der Waals surface area contributed by atoms with Gasteiger partial charge in [-0.3, -0.25) is 19.3 Å². The first-order valence-corrected chi connectivity index (χ1v) is 11.8. The van der Waals surface area contributed by atoms with Crippen molar-refractivity contribution in [1.82, 2.24) is 4.90 Å². The Hall–Kier alpha value is -4.01. The highest BCUT2D eigenvalue weighted by molar-refractivity contribution is 6.22. The normalized spacial score (nSPS) is 13.6. The number of esters is 2. The zero-order valence-electron chi connectivity index (χ0n) is 20.8. The highest BCUT2D eigenvalue weighted by Gasteiger charge is 2.43. The fraction of sp³-hybridized carbons (Fsp3) is 0.370. The van der Waals surface area contributed by atoms with Gasteiger partial charge < -0.3 is 14.8 Å². The maximum Gasteiger partial charge on any atom is 0.338 e. The molecule has 1 heterocycles. The molecule has 0 spiro atoms. The zero-order chi connectivity index (χ0) is 26.4. The Kier molecular flexibility index (Phi) is 8.58. The average molecular weight is 495 g/mol. The first-order chi connectivity index (χ1) is 17.1. The average Bonchev–Trinajstić information content (AvgIpc) is 3.09. The van der Waals surface area contributed by atoms with E-state index in [4.69, 9.17) is 9.47 Å². The van der Waals surface area contributed by atoms with Gasteiger partial charge in [0.1, 0.15) is 6.04 Å². The molecule has 1 aliphatic heterocycles. The van der Waals surface area contributed by atoms with E-state index in [2.05, 4.69) is 5.32 Å². The number of benzene rings is 2. The van der Waals surface area contributed by atoms with Crippen molar-refractivity contribution in [3.05, 3.63) is 65.2 Å². The summed E-state index contributed by atoms with van der Waals surface area (Å²) in [7, 11) is 0. The molecule has 0 fully saturated rings. The molecule has 0 unspecified atom stereocenters. The summed E-state index contributed by atoms with van der Waals surface area (Å²) in [5.74, 6) is -2.83. The van der Waals surface area contributed by atoms with Crippen LogP contribution in [0.25, 0.3) is 0 Å². The van der Waals surface area contributed by atoms with Crippen LogP contribution in [0.15, 0.2) is 48.5 Å². The third kappa shape index (κ3) is 6.35. The van der Waals surface area contributed by atoms with Gasteiger partial charge in [0.05, 0.1) is 23.3 Å². The maximum atomic E-state index is 12.9. The summed E-state index contributed by atoms with van der Waals surface area (Å²) >= 11 is 0. The van der Waals surface area contributed by atoms with E-state index in [0.717, 1.165) is 4.90 Å². The highest BCUT2D eigenvalue weighted by Crippen LogP contribution is 2.27. The van der Waals surface area contributed by atoms with Crippen molar-refractivity contribution < 1.29 is 33.4 Å². The molecular weight excluding hydrogens is 464 g/mol. The summed E-state index contributed by atoms with van der Waals surface area (Å²) in [6, 6.07) is 11.3. The summed E-state index contributed by atoms with van der Waals surface area (Å²) in [6.45, 7) is 7.28. The molecule has 2 aromatic carbocycles. The number of hydrogen-bond acceptors (Lipinski definition) is 7. The lowest BCUT2D eigenvalue weighted by Crippen LogP contribution is -2.46.